The van der Waals surface area contributed by atoms with Crippen LogP contribution in [0.3, 0.4) is 0 Å². The molecular formula is C34H25OS2+. The molecule has 0 saturated heterocycles. The molecule has 1 heterocycles. The summed E-state index contributed by atoms with van der Waals surface area (Å²) in [5, 5.41) is 2.93. The number of thiophene rings is 1. The van der Waals surface area contributed by atoms with Gasteiger partial charge in [-0.2, -0.15) is 0 Å². The Morgan fingerprint density at radius 1 is 0.486 bits per heavy atom. The second-order valence-electron chi connectivity index (χ2n) is 8.54. The maximum Gasteiger partial charge on any atom is 0.180 e. The fraction of sp³-hybridized carbons (Fsp3) is 0. The summed E-state index contributed by atoms with van der Waals surface area (Å²) in [4.78, 5) is 3.86. The first-order valence-electron chi connectivity index (χ1n) is 12.2. The van der Waals surface area contributed by atoms with E-state index in [1.165, 1.54) is 36.9 Å². The third-order valence-electron chi connectivity index (χ3n) is 6.15. The summed E-state index contributed by atoms with van der Waals surface area (Å²) in [6, 6.07) is 51.6. The Morgan fingerprint density at radius 2 is 1.11 bits per heavy atom. The third kappa shape index (κ3) is 5.10. The molecule has 6 aromatic rings. The maximum atomic E-state index is 6.06. The van der Waals surface area contributed by atoms with Crippen LogP contribution in [-0.4, -0.2) is 0 Å². The fourth-order valence-electron chi connectivity index (χ4n) is 4.49. The summed E-state index contributed by atoms with van der Waals surface area (Å²) < 4.78 is 6.06. The molecule has 1 atom stereocenters. The van der Waals surface area contributed by atoms with Gasteiger partial charge in [0, 0.05) is 5.56 Å². The first-order chi connectivity index (χ1) is 18.4. The van der Waals surface area contributed by atoms with E-state index in [4.69, 9.17) is 4.74 Å². The lowest BCUT2D eigenvalue weighted by Crippen LogP contribution is -2.07. The van der Waals surface area contributed by atoms with Crippen molar-refractivity contribution in [2.24, 2.45) is 0 Å². The van der Waals surface area contributed by atoms with Gasteiger partial charge in [0.05, 0.1) is 10.9 Å². The molecule has 0 aliphatic heterocycles. The third-order valence-corrected chi connectivity index (χ3v) is 9.16. The molecule has 1 unspecified atom stereocenters. The highest BCUT2D eigenvalue weighted by atomic mass is 32.2. The quantitative estimate of drug-likeness (QED) is 0.193. The van der Waals surface area contributed by atoms with Gasteiger partial charge in [-0.05, 0) is 76.7 Å². The van der Waals surface area contributed by atoms with Gasteiger partial charge in [-0.25, -0.2) is 0 Å². The lowest BCUT2D eigenvalue weighted by atomic mass is 9.94. The van der Waals surface area contributed by atoms with Gasteiger partial charge >= 0.3 is 0 Å². The van der Waals surface area contributed by atoms with E-state index in [1.54, 1.807) is 11.3 Å². The zero-order valence-corrected chi connectivity index (χ0v) is 21.8. The summed E-state index contributed by atoms with van der Waals surface area (Å²) in [5.74, 6) is 0.851. The van der Waals surface area contributed by atoms with E-state index >= 15 is 0 Å². The Morgan fingerprint density at radius 3 is 1.76 bits per heavy atom. The van der Waals surface area contributed by atoms with Gasteiger partial charge in [-0.3, -0.25) is 0 Å². The highest BCUT2D eigenvalue weighted by Crippen LogP contribution is 2.43. The highest BCUT2D eigenvalue weighted by molar-refractivity contribution is 7.97. The Balaban J connectivity index is 1.53. The second-order valence-corrected chi connectivity index (χ2v) is 11.4. The minimum absolute atomic E-state index is 0.311. The second kappa shape index (κ2) is 10.9. The number of ether oxygens (including phenoxy) is 1. The Bertz CT molecular complexity index is 1560. The van der Waals surface area contributed by atoms with Crippen molar-refractivity contribution in [2.75, 3.05) is 0 Å². The number of rotatable bonds is 7. The summed E-state index contributed by atoms with van der Waals surface area (Å²) in [5.41, 5.74) is 4.97. The lowest BCUT2D eigenvalue weighted by Gasteiger charge is -2.16. The molecule has 178 valence electrons. The van der Waals surface area contributed by atoms with E-state index in [0.717, 1.165) is 10.8 Å². The topological polar surface area (TPSA) is 9.23 Å². The van der Waals surface area contributed by atoms with Gasteiger partial charge in [-0.15, -0.1) is 11.3 Å². The molecule has 0 radical (unpaired) electrons. The Hall–Kier alpha value is -4.05. The first kappa shape index (κ1) is 23.4. The minimum atomic E-state index is -0.311. The van der Waals surface area contributed by atoms with E-state index in [2.05, 4.69) is 133 Å². The van der Waals surface area contributed by atoms with Crippen LogP contribution in [0.2, 0.25) is 0 Å². The van der Waals surface area contributed by atoms with E-state index in [9.17, 15) is 0 Å². The molecule has 1 nitrogen and oxygen atoms in total. The summed E-state index contributed by atoms with van der Waals surface area (Å²) >= 11 is 1.60. The van der Waals surface area contributed by atoms with Crippen LogP contribution in [0.4, 0.5) is 0 Å². The normalized spacial score (nSPS) is 11.7. The van der Waals surface area contributed by atoms with Crippen LogP contribution in [0.1, 0.15) is 0 Å². The molecule has 0 fully saturated rings. The van der Waals surface area contributed by atoms with Gasteiger partial charge in [0.1, 0.15) is 5.75 Å². The smallest absolute Gasteiger partial charge is 0.180 e. The number of hydrogen-bond acceptors (Lipinski definition) is 2. The van der Waals surface area contributed by atoms with Crippen molar-refractivity contribution in [1.82, 2.24) is 0 Å². The van der Waals surface area contributed by atoms with Crippen LogP contribution in [0.25, 0.3) is 22.3 Å². The van der Waals surface area contributed by atoms with E-state index in [1.807, 2.05) is 17.5 Å². The SMILES string of the molecule is c1ccc(-c2cccc([S+](c3ccccc3)c3ccc(Oc4cccs4)cc3)c2-c2ccccc2)cc1. The van der Waals surface area contributed by atoms with Crippen molar-refractivity contribution in [1.29, 1.82) is 0 Å². The largest absolute Gasteiger partial charge is 0.447 e. The molecule has 0 spiro atoms. The molecule has 0 aliphatic rings. The van der Waals surface area contributed by atoms with Crippen molar-refractivity contribution in [2.45, 2.75) is 14.7 Å². The van der Waals surface area contributed by atoms with Gasteiger partial charge in [0.2, 0.25) is 0 Å². The molecule has 0 N–H and O–H groups in total. The van der Waals surface area contributed by atoms with Gasteiger partial charge in [0.15, 0.2) is 19.7 Å². The zero-order chi connectivity index (χ0) is 24.9. The molecule has 0 bridgehead atoms. The number of hydrogen-bond donors (Lipinski definition) is 0. The van der Waals surface area contributed by atoms with Crippen molar-refractivity contribution in [3.05, 3.63) is 151 Å². The van der Waals surface area contributed by atoms with Gasteiger partial charge < -0.3 is 4.74 Å². The molecule has 5 aromatic carbocycles. The van der Waals surface area contributed by atoms with Crippen molar-refractivity contribution < 1.29 is 4.74 Å². The average Bonchev–Trinajstić information content (AvgIpc) is 3.49. The van der Waals surface area contributed by atoms with Crippen LogP contribution < -0.4 is 4.74 Å². The summed E-state index contributed by atoms with van der Waals surface area (Å²) in [6.45, 7) is 0. The average molecular weight is 514 g/mol. The predicted octanol–water partition coefficient (Wildman–Crippen LogP) is 9.97. The standard InChI is InChI=1S/C34H25OS2/c1-4-12-26(13-5-1)31-18-10-19-32(34(31)27-14-6-2-7-15-27)37(29-16-8-3-9-17-29)30-23-21-28(22-24-30)35-33-20-11-25-36-33/h1-25H/q+1. The first-order valence-corrected chi connectivity index (χ1v) is 14.3. The number of benzene rings is 5. The molecule has 6 rings (SSSR count). The molecule has 0 saturated carbocycles. The van der Waals surface area contributed by atoms with Gasteiger partial charge in [-0.1, -0.05) is 91.0 Å². The van der Waals surface area contributed by atoms with Crippen molar-refractivity contribution in [3.63, 3.8) is 0 Å². The van der Waals surface area contributed by atoms with Crippen LogP contribution in [0.5, 0.6) is 10.8 Å². The molecular weight excluding hydrogens is 489 g/mol. The molecule has 3 heteroatoms. The fourth-order valence-corrected chi connectivity index (χ4v) is 7.35. The molecule has 0 aliphatic carbocycles. The Labute approximate surface area is 225 Å². The van der Waals surface area contributed by atoms with E-state index < -0.39 is 0 Å². The summed E-state index contributed by atoms with van der Waals surface area (Å²) in [7, 11) is -0.311. The van der Waals surface area contributed by atoms with E-state index in [0.29, 0.717) is 0 Å². The minimum Gasteiger partial charge on any atom is -0.447 e. The van der Waals surface area contributed by atoms with Crippen LogP contribution >= 0.6 is 11.3 Å². The zero-order valence-electron chi connectivity index (χ0n) is 20.2. The lowest BCUT2D eigenvalue weighted by molar-refractivity contribution is 0.496. The van der Waals surface area contributed by atoms with Gasteiger partial charge in [0.25, 0.3) is 0 Å². The molecule has 0 amide bonds. The van der Waals surface area contributed by atoms with Crippen LogP contribution in [0, 0.1) is 0 Å². The highest BCUT2D eigenvalue weighted by Gasteiger charge is 2.33. The molecule has 37 heavy (non-hydrogen) atoms. The van der Waals surface area contributed by atoms with Crippen LogP contribution in [0.15, 0.2) is 166 Å². The maximum absolute atomic E-state index is 6.06. The predicted molar refractivity (Wildman–Crippen MR) is 157 cm³/mol. The van der Waals surface area contributed by atoms with E-state index in [-0.39, 0.29) is 10.9 Å². The van der Waals surface area contributed by atoms with Crippen molar-refractivity contribution in [3.8, 4) is 33.1 Å². The molecule has 1 aromatic heterocycles. The van der Waals surface area contributed by atoms with Crippen molar-refractivity contribution >= 4 is 22.2 Å². The van der Waals surface area contributed by atoms with Crippen LogP contribution in [-0.2, 0) is 10.9 Å². The monoisotopic (exact) mass is 513 g/mol. The Kier molecular flexibility index (Phi) is 6.89. The summed E-state index contributed by atoms with van der Waals surface area (Å²) in [6.07, 6.45) is 0.